The Kier molecular flexibility index (Phi) is 6.35. The Morgan fingerprint density at radius 2 is 2.07 bits per heavy atom. The van der Waals surface area contributed by atoms with Crippen LogP contribution in [-0.2, 0) is 0 Å². The lowest BCUT2D eigenvalue weighted by Crippen LogP contribution is -2.34. The van der Waals surface area contributed by atoms with E-state index in [2.05, 4.69) is 29.5 Å². The molecule has 1 unspecified atom stereocenters. The second-order valence-corrected chi connectivity index (χ2v) is 7.17. The highest BCUT2D eigenvalue weighted by molar-refractivity contribution is 5.95. The highest BCUT2D eigenvalue weighted by atomic mass is 19.1. The van der Waals surface area contributed by atoms with Gasteiger partial charge in [-0.3, -0.25) is 4.79 Å². The lowest BCUT2D eigenvalue weighted by Gasteiger charge is -2.25. The number of carbonyl (C=O) groups is 1. The molecule has 1 heterocycles. The number of ether oxygens (including phenoxy) is 1. The Morgan fingerprint density at radius 1 is 1.28 bits per heavy atom. The van der Waals surface area contributed by atoms with Crippen LogP contribution in [0.25, 0.3) is 0 Å². The van der Waals surface area contributed by atoms with Gasteiger partial charge in [-0.05, 0) is 62.6 Å². The summed E-state index contributed by atoms with van der Waals surface area (Å²) in [5.41, 5.74) is 4.23. The van der Waals surface area contributed by atoms with Crippen molar-refractivity contribution in [3.63, 3.8) is 0 Å². The van der Waals surface area contributed by atoms with Gasteiger partial charge in [0.2, 0.25) is 0 Å². The van der Waals surface area contributed by atoms with Crippen molar-refractivity contribution in [1.82, 2.24) is 10.2 Å². The van der Waals surface area contributed by atoms with Crippen molar-refractivity contribution in [1.29, 1.82) is 0 Å². The first-order valence-corrected chi connectivity index (χ1v) is 9.56. The first-order chi connectivity index (χ1) is 13.9. The van der Waals surface area contributed by atoms with Gasteiger partial charge in [-0.25, -0.2) is 8.78 Å². The molecule has 0 saturated carbocycles. The van der Waals surface area contributed by atoms with Crippen LogP contribution in [0, 0.1) is 18.6 Å². The smallest absolute Gasteiger partial charge is 0.254 e. The molecule has 1 atom stereocenters. The van der Waals surface area contributed by atoms with Crippen LogP contribution in [0.15, 0.2) is 54.4 Å². The quantitative estimate of drug-likeness (QED) is 0.700. The van der Waals surface area contributed by atoms with E-state index in [1.807, 2.05) is 0 Å². The number of hydrogen-bond acceptors (Lipinski definition) is 3. The Morgan fingerprint density at radius 3 is 2.72 bits per heavy atom. The number of nitrogens with one attached hydrogen (secondary N) is 1. The Balaban J connectivity index is 1.71. The Bertz CT molecular complexity index is 967. The first-order valence-electron chi connectivity index (χ1n) is 9.56. The maximum Gasteiger partial charge on any atom is 0.254 e. The number of likely N-dealkylation sites (tertiary alicyclic amines) is 1. The fourth-order valence-corrected chi connectivity index (χ4v) is 3.42. The molecule has 29 heavy (non-hydrogen) atoms. The second kappa shape index (κ2) is 8.93. The SMILES string of the molecule is C=C=C(CNC(=O)c1cc(Oc2ccc(C)cc2F)ccc1F)N1CCCC1C. The topological polar surface area (TPSA) is 41.6 Å². The van der Waals surface area contributed by atoms with Gasteiger partial charge in [0.1, 0.15) is 11.6 Å². The van der Waals surface area contributed by atoms with Gasteiger partial charge in [0.15, 0.2) is 11.6 Å². The summed E-state index contributed by atoms with van der Waals surface area (Å²) in [6.45, 7) is 8.65. The maximum atomic E-state index is 14.2. The highest BCUT2D eigenvalue weighted by Crippen LogP contribution is 2.27. The van der Waals surface area contributed by atoms with Gasteiger partial charge in [-0.1, -0.05) is 12.6 Å². The average Bonchev–Trinajstić information content (AvgIpc) is 3.11. The summed E-state index contributed by atoms with van der Waals surface area (Å²) < 4.78 is 33.7. The molecule has 0 bridgehead atoms. The molecule has 4 nitrogen and oxygen atoms in total. The van der Waals surface area contributed by atoms with Crippen molar-refractivity contribution in [3.8, 4) is 11.5 Å². The number of benzene rings is 2. The van der Waals surface area contributed by atoms with Gasteiger partial charge in [-0.2, -0.15) is 0 Å². The molecule has 1 amide bonds. The monoisotopic (exact) mass is 398 g/mol. The number of rotatable bonds is 6. The lowest BCUT2D eigenvalue weighted by molar-refractivity contribution is 0.0949. The highest BCUT2D eigenvalue weighted by Gasteiger charge is 2.23. The molecule has 1 saturated heterocycles. The number of hydrogen-bond donors (Lipinski definition) is 1. The van der Waals surface area contributed by atoms with E-state index >= 15 is 0 Å². The van der Waals surface area contributed by atoms with Crippen LogP contribution in [0.3, 0.4) is 0 Å². The van der Waals surface area contributed by atoms with Gasteiger partial charge >= 0.3 is 0 Å². The fraction of sp³-hybridized carbons (Fsp3) is 0.304. The number of nitrogens with zero attached hydrogens (tertiary/aromatic N) is 1. The maximum absolute atomic E-state index is 14.2. The second-order valence-electron chi connectivity index (χ2n) is 7.17. The van der Waals surface area contributed by atoms with Crippen LogP contribution in [0.5, 0.6) is 11.5 Å². The molecule has 2 aromatic rings. The van der Waals surface area contributed by atoms with Gasteiger partial charge in [-0.15, -0.1) is 5.73 Å². The largest absolute Gasteiger partial charge is 0.454 e. The van der Waals surface area contributed by atoms with Crippen LogP contribution >= 0.6 is 0 Å². The Labute approximate surface area is 169 Å². The third-order valence-electron chi connectivity index (χ3n) is 5.02. The van der Waals surface area contributed by atoms with Gasteiger partial charge in [0.05, 0.1) is 17.8 Å². The zero-order valence-corrected chi connectivity index (χ0v) is 16.6. The molecule has 1 aliphatic heterocycles. The summed E-state index contributed by atoms with van der Waals surface area (Å²) in [4.78, 5) is 14.7. The normalized spacial score (nSPS) is 15.7. The molecule has 3 rings (SSSR count). The van der Waals surface area contributed by atoms with E-state index in [9.17, 15) is 13.6 Å². The van der Waals surface area contributed by atoms with Crippen LogP contribution in [0.4, 0.5) is 8.78 Å². The summed E-state index contributed by atoms with van der Waals surface area (Å²) in [6, 6.07) is 8.64. The number of carbonyl (C=O) groups excluding carboxylic acids is 1. The van der Waals surface area contributed by atoms with Crippen molar-refractivity contribution in [2.75, 3.05) is 13.1 Å². The van der Waals surface area contributed by atoms with Crippen molar-refractivity contribution in [2.24, 2.45) is 0 Å². The summed E-state index contributed by atoms with van der Waals surface area (Å²) in [5.74, 6) is -1.61. The third-order valence-corrected chi connectivity index (χ3v) is 5.02. The first kappa shape index (κ1) is 20.6. The van der Waals surface area contributed by atoms with Crippen LogP contribution in [0.2, 0.25) is 0 Å². The minimum absolute atomic E-state index is 0.00784. The number of aryl methyl sites for hydroxylation is 1. The molecule has 0 aromatic heterocycles. The van der Waals surface area contributed by atoms with E-state index in [0.717, 1.165) is 36.7 Å². The third kappa shape index (κ3) is 4.84. The predicted molar refractivity (Wildman–Crippen MR) is 108 cm³/mol. The van der Waals surface area contributed by atoms with E-state index in [1.54, 1.807) is 13.0 Å². The molecule has 0 aliphatic carbocycles. The number of amides is 1. The minimum atomic E-state index is -0.682. The minimum Gasteiger partial charge on any atom is -0.454 e. The zero-order chi connectivity index (χ0) is 21.0. The van der Waals surface area contributed by atoms with E-state index in [0.29, 0.717) is 6.04 Å². The molecule has 1 fully saturated rings. The zero-order valence-electron chi connectivity index (χ0n) is 16.6. The molecule has 2 aromatic carbocycles. The van der Waals surface area contributed by atoms with E-state index < -0.39 is 17.5 Å². The number of halogens is 2. The standard InChI is InChI=1S/C23H24F2N2O2/c1-4-17(27-11-5-6-16(27)3)14-26-23(28)19-13-18(8-9-20(19)24)29-22-10-7-15(2)12-21(22)25/h7-10,12-13,16H,1,5-6,11,14H2,2-3H3,(H,26,28). The summed E-state index contributed by atoms with van der Waals surface area (Å²) in [5, 5.41) is 2.71. The van der Waals surface area contributed by atoms with Crippen LogP contribution in [-0.4, -0.2) is 29.9 Å². The molecular weight excluding hydrogens is 374 g/mol. The Hall–Kier alpha value is -3.11. The van der Waals surface area contributed by atoms with Crippen molar-refractivity contribution in [2.45, 2.75) is 32.7 Å². The van der Waals surface area contributed by atoms with E-state index in [4.69, 9.17) is 4.74 Å². The van der Waals surface area contributed by atoms with Crippen molar-refractivity contribution in [3.05, 3.63) is 77.2 Å². The van der Waals surface area contributed by atoms with Crippen molar-refractivity contribution >= 4 is 5.91 Å². The van der Waals surface area contributed by atoms with Crippen LogP contribution in [0.1, 0.15) is 35.7 Å². The summed E-state index contributed by atoms with van der Waals surface area (Å²) in [7, 11) is 0. The van der Waals surface area contributed by atoms with Crippen molar-refractivity contribution < 1.29 is 18.3 Å². The molecule has 0 spiro atoms. The molecule has 6 heteroatoms. The van der Waals surface area contributed by atoms with Gasteiger partial charge in [0.25, 0.3) is 5.91 Å². The summed E-state index contributed by atoms with van der Waals surface area (Å²) in [6.07, 6.45) is 2.15. The van der Waals surface area contributed by atoms with E-state index in [-0.39, 0.29) is 23.6 Å². The van der Waals surface area contributed by atoms with Gasteiger partial charge in [0, 0.05) is 12.6 Å². The fourth-order valence-electron chi connectivity index (χ4n) is 3.42. The molecular formula is C23H24F2N2O2. The molecule has 0 radical (unpaired) electrons. The van der Waals surface area contributed by atoms with Crippen LogP contribution < -0.4 is 10.1 Å². The average molecular weight is 398 g/mol. The molecule has 152 valence electrons. The molecule has 1 N–H and O–H groups in total. The molecule has 1 aliphatic rings. The van der Waals surface area contributed by atoms with E-state index in [1.165, 1.54) is 24.3 Å². The summed E-state index contributed by atoms with van der Waals surface area (Å²) >= 11 is 0. The predicted octanol–water partition coefficient (Wildman–Crippen LogP) is 4.95. The lowest BCUT2D eigenvalue weighted by atomic mass is 10.1. The van der Waals surface area contributed by atoms with Gasteiger partial charge < -0.3 is 15.0 Å².